The minimum atomic E-state index is -0.0158. The van der Waals surface area contributed by atoms with Gasteiger partial charge in [0.05, 0.1) is 6.04 Å². The highest BCUT2D eigenvalue weighted by Gasteiger charge is 2.43. The van der Waals surface area contributed by atoms with Crippen LogP contribution in [-0.4, -0.2) is 27.3 Å². The Hall–Kier alpha value is -1.48. The van der Waals surface area contributed by atoms with Crippen LogP contribution in [0.15, 0.2) is 55.1 Å². The Bertz CT molecular complexity index is 535. The highest BCUT2D eigenvalue weighted by Crippen LogP contribution is 2.39. The van der Waals surface area contributed by atoms with Crippen LogP contribution in [0.3, 0.4) is 0 Å². The maximum Gasteiger partial charge on any atom is 0.249 e. The van der Waals surface area contributed by atoms with Gasteiger partial charge in [-0.15, -0.1) is 18.3 Å². The lowest BCUT2D eigenvalue weighted by Crippen LogP contribution is -2.44. The van der Waals surface area contributed by atoms with Crippen LogP contribution in [0.5, 0.6) is 0 Å². The zero-order chi connectivity index (χ0) is 15.5. The summed E-state index contributed by atoms with van der Waals surface area (Å²) in [5.41, 5.74) is 1.89. The second-order valence-corrected chi connectivity index (χ2v) is 7.62. The Kier molecular flexibility index (Phi) is 4.94. The molecule has 2 rings (SSSR count). The molecule has 0 aliphatic carbocycles. The first kappa shape index (κ1) is 15.9. The summed E-state index contributed by atoms with van der Waals surface area (Å²) in [6.07, 6.45) is 2.67. The molecule has 0 aromatic heterocycles. The minimum Gasteiger partial charge on any atom is -0.330 e. The zero-order valence-corrected chi connectivity index (χ0v) is 13.7. The van der Waals surface area contributed by atoms with Crippen molar-refractivity contribution in [3.05, 3.63) is 60.7 Å². The molecule has 1 aliphatic heterocycles. The summed E-state index contributed by atoms with van der Waals surface area (Å²) in [5, 5.41) is 0. The summed E-state index contributed by atoms with van der Waals surface area (Å²) in [7, 11) is 0. The van der Waals surface area contributed by atoms with E-state index >= 15 is 0 Å². The third-order valence-electron chi connectivity index (χ3n) is 3.95. The van der Waals surface area contributed by atoms with Gasteiger partial charge in [0.25, 0.3) is 0 Å². The van der Waals surface area contributed by atoms with Crippen LogP contribution in [-0.2, 0) is 11.3 Å². The van der Waals surface area contributed by atoms with E-state index < -0.39 is 0 Å². The highest BCUT2D eigenvalue weighted by atomic mass is 32.2. The van der Waals surface area contributed by atoms with E-state index in [-0.39, 0.29) is 16.7 Å². The molecule has 2 nitrogen and oxygen atoms in total. The van der Waals surface area contributed by atoms with Gasteiger partial charge in [0.15, 0.2) is 0 Å². The Morgan fingerprint density at radius 2 is 2.05 bits per heavy atom. The molecule has 0 bridgehead atoms. The number of rotatable bonds is 6. The lowest BCUT2D eigenvalue weighted by Gasteiger charge is -2.37. The number of thioether (sulfide) groups is 1. The van der Waals surface area contributed by atoms with Gasteiger partial charge in [0.2, 0.25) is 5.91 Å². The first-order valence-corrected chi connectivity index (χ1v) is 8.22. The maximum atomic E-state index is 12.4. The van der Waals surface area contributed by atoms with E-state index in [1.54, 1.807) is 0 Å². The molecule has 1 aliphatic rings. The van der Waals surface area contributed by atoms with E-state index in [2.05, 4.69) is 39.1 Å². The first-order chi connectivity index (χ1) is 9.95. The average Bonchev–Trinajstić information content (AvgIpc) is 2.75. The molecule has 1 saturated heterocycles. The molecule has 0 saturated carbocycles. The highest BCUT2D eigenvalue weighted by molar-refractivity contribution is 8.00. The standard InChI is InChI=1S/C18H23NOS/c1-5-11-21-18(3,4)16-12-14(2)17(20)19(16)13-15-9-7-6-8-10-15/h5-10,16H,1-2,11-13H2,3-4H3. The van der Waals surface area contributed by atoms with E-state index in [1.165, 1.54) is 0 Å². The van der Waals surface area contributed by atoms with E-state index in [0.29, 0.717) is 6.54 Å². The van der Waals surface area contributed by atoms with Gasteiger partial charge in [-0.05, 0) is 25.8 Å². The van der Waals surface area contributed by atoms with E-state index in [4.69, 9.17) is 0 Å². The summed E-state index contributed by atoms with van der Waals surface area (Å²) in [4.78, 5) is 14.4. The third kappa shape index (κ3) is 3.59. The number of likely N-dealkylation sites (tertiary alicyclic amines) is 1. The Morgan fingerprint density at radius 3 is 2.67 bits per heavy atom. The summed E-state index contributed by atoms with van der Waals surface area (Å²) in [6.45, 7) is 12.8. The van der Waals surface area contributed by atoms with Gasteiger partial charge < -0.3 is 4.90 Å². The number of nitrogens with zero attached hydrogens (tertiary/aromatic N) is 1. The molecule has 1 heterocycles. The SMILES string of the molecule is C=CCSC(C)(C)C1CC(=C)C(=O)N1Cc1ccccc1. The van der Waals surface area contributed by atoms with Gasteiger partial charge in [0.1, 0.15) is 0 Å². The Balaban J connectivity index is 2.20. The molecule has 21 heavy (non-hydrogen) atoms. The van der Waals surface area contributed by atoms with Crippen molar-refractivity contribution >= 4 is 17.7 Å². The van der Waals surface area contributed by atoms with Crippen LogP contribution < -0.4 is 0 Å². The van der Waals surface area contributed by atoms with Crippen LogP contribution in [0.25, 0.3) is 0 Å². The van der Waals surface area contributed by atoms with Gasteiger partial charge in [0, 0.05) is 22.6 Å². The fraction of sp³-hybridized carbons (Fsp3) is 0.389. The van der Waals surface area contributed by atoms with Gasteiger partial charge in [-0.3, -0.25) is 4.79 Å². The van der Waals surface area contributed by atoms with Crippen molar-refractivity contribution in [2.45, 2.75) is 37.6 Å². The number of hydrogen-bond acceptors (Lipinski definition) is 2. The van der Waals surface area contributed by atoms with Gasteiger partial charge in [-0.1, -0.05) is 43.0 Å². The molecular weight excluding hydrogens is 278 g/mol. The lowest BCUT2D eigenvalue weighted by atomic mass is 9.99. The quantitative estimate of drug-likeness (QED) is 0.584. The molecule has 1 unspecified atom stereocenters. The van der Waals surface area contributed by atoms with Gasteiger partial charge in [-0.2, -0.15) is 0 Å². The number of carbonyl (C=O) groups excluding carboxylic acids is 1. The zero-order valence-electron chi connectivity index (χ0n) is 12.8. The van der Waals surface area contributed by atoms with E-state index in [1.807, 2.05) is 40.9 Å². The first-order valence-electron chi connectivity index (χ1n) is 7.23. The van der Waals surface area contributed by atoms with Crippen molar-refractivity contribution in [2.75, 3.05) is 5.75 Å². The Labute approximate surface area is 131 Å². The third-order valence-corrected chi connectivity index (χ3v) is 5.37. The smallest absolute Gasteiger partial charge is 0.249 e. The van der Waals surface area contributed by atoms with Crippen LogP contribution in [0.4, 0.5) is 0 Å². The number of amides is 1. The summed E-state index contributed by atoms with van der Waals surface area (Å²) in [6, 6.07) is 10.3. The lowest BCUT2D eigenvalue weighted by molar-refractivity contribution is -0.127. The molecule has 3 heteroatoms. The minimum absolute atomic E-state index is 0.0158. The molecule has 0 N–H and O–H groups in total. The van der Waals surface area contributed by atoms with Crippen molar-refractivity contribution in [3.63, 3.8) is 0 Å². The van der Waals surface area contributed by atoms with Gasteiger partial charge >= 0.3 is 0 Å². The normalized spacial score (nSPS) is 19.1. The van der Waals surface area contributed by atoms with Crippen molar-refractivity contribution < 1.29 is 4.79 Å². The van der Waals surface area contributed by atoms with Gasteiger partial charge in [-0.25, -0.2) is 0 Å². The molecule has 1 amide bonds. The van der Waals surface area contributed by atoms with Crippen molar-refractivity contribution in [1.82, 2.24) is 4.90 Å². The largest absolute Gasteiger partial charge is 0.330 e. The second kappa shape index (κ2) is 6.52. The average molecular weight is 301 g/mol. The monoisotopic (exact) mass is 301 g/mol. The number of benzene rings is 1. The molecule has 1 fully saturated rings. The number of carbonyl (C=O) groups is 1. The molecule has 1 aromatic rings. The molecule has 1 aromatic carbocycles. The summed E-state index contributed by atoms with van der Waals surface area (Å²) in [5.74, 6) is 0.986. The fourth-order valence-corrected chi connectivity index (χ4v) is 3.68. The van der Waals surface area contributed by atoms with Crippen molar-refractivity contribution in [1.29, 1.82) is 0 Å². The maximum absolute atomic E-state index is 12.4. The Morgan fingerprint density at radius 1 is 1.38 bits per heavy atom. The predicted octanol–water partition coefficient (Wildman–Crippen LogP) is 4.04. The van der Waals surface area contributed by atoms with E-state index in [9.17, 15) is 4.79 Å². The molecule has 1 atom stereocenters. The predicted molar refractivity (Wildman–Crippen MR) is 91.3 cm³/mol. The van der Waals surface area contributed by atoms with Crippen molar-refractivity contribution in [2.24, 2.45) is 0 Å². The van der Waals surface area contributed by atoms with Crippen LogP contribution in [0, 0.1) is 0 Å². The topological polar surface area (TPSA) is 20.3 Å². The van der Waals surface area contributed by atoms with Crippen LogP contribution in [0.1, 0.15) is 25.8 Å². The molecular formula is C18H23NOS. The number of hydrogen-bond donors (Lipinski definition) is 0. The van der Waals surface area contributed by atoms with Crippen molar-refractivity contribution in [3.8, 4) is 0 Å². The van der Waals surface area contributed by atoms with Crippen LogP contribution >= 0.6 is 11.8 Å². The summed E-state index contributed by atoms with van der Waals surface area (Å²) >= 11 is 1.84. The molecule has 112 valence electrons. The molecule has 0 spiro atoms. The van der Waals surface area contributed by atoms with E-state index in [0.717, 1.165) is 23.3 Å². The second-order valence-electron chi connectivity index (χ2n) is 5.95. The summed E-state index contributed by atoms with van der Waals surface area (Å²) < 4.78 is -0.0158. The molecule has 0 radical (unpaired) electrons. The fourth-order valence-electron chi connectivity index (χ4n) is 2.73. The van der Waals surface area contributed by atoms with Crippen LogP contribution in [0.2, 0.25) is 0 Å².